The highest BCUT2D eigenvalue weighted by atomic mass is 16.8. The molecule has 6 heterocycles. The van der Waals surface area contributed by atoms with Gasteiger partial charge in [-0.05, 0) is 38.0 Å². The maximum Gasteiger partial charge on any atom is 0.251 e. The van der Waals surface area contributed by atoms with Crippen molar-refractivity contribution in [3.63, 3.8) is 0 Å². The minimum atomic E-state index is -2.08. The molecular weight excluding hydrogens is 1310 g/mol. The van der Waals surface area contributed by atoms with E-state index in [1.54, 1.807) is 12.1 Å². The molecule has 36 nitrogen and oxygen atoms in total. The summed E-state index contributed by atoms with van der Waals surface area (Å²) in [6.45, 7) is 3.20. The number of unbranched alkanes of at least 4 members (excludes halogenated alkanes) is 5. The van der Waals surface area contributed by atoms with Crippen molar-refractivity contribution >= 4 is 29.5 Å². The van der Waals surface area contributed by atoms with Gasteiger partial charge in [0.05, 0.1) is 45.7 Å². The lowest BCUT2D eigenvalue weighted by atomic mass is 9.93. The van der Waals surface area contributed by atoms with Gasteiger partial charge in [-0.1, -0.05) is 32.3 Å². The van der Waals surface area contributed by atoms with Crippen molar-refractivity contribution in [3.8, 4) is 17.6 Å². The van der Waals surface area contributed by atoms with E-state index in [1.165, 1.54) is 19.1 Å². The van der Waals surface area contributed by atoms with Gasteiger partial charge in [0.1, 0.15) is 146 Å². The van der Waals surface area contributed by atoms with Crippen LogP contribution in [-0.2, 0) is 71.3 Å². The van der Waals surface area contributed by atoms with E-state index in [0.29, 0.717) is 18.6 Å². The van der Waals surface area contributed by atoms with Crippen LogP contribution in [0.3, 0.4) is 0 Å². The molecule has 0 bridgehead atoms. The molecule has 6 fully saturated rings. The van der Waals surface area contributed by atoms with Gasteiger partial charge < -0.3 is 155 Å². The van der Waals surface area contributed by atoms with E-state index >= 15 is 0 Å². The van der Waals surface area contributed by atoms with Gasteiger partial charge in [-0.15, -0.1) is 11.8 Å². The maximum atomic E-state index is 13.9. The SMILES string of the molecule is CCCCCCC#CCCCOc1cccc(C(=O)N[C@@H]2C(O[C@@H]3C(CO)O[C@@H](OC4C(CO)O[C@@H](O[C@@H]5C(CO)O[C@@H](OC6C(COC7OC(C)[C@@H](O)[C@@H](O)[C@H]7O)O[C@@H](O)[C@@H](NC(C)=O)[C@H]6O)C(NC(C)=O)C5O)[C@@H](NC(C)=O)[C@H]4O)C(NC(C)=O)C3O)OC(CO)[C@@H](O)[C@@H]2O)c1. The number of amides is 5. The van der Waals surface area contributed by atoms with Crippen molar-refractivity contribution in [1.29, 1.82) is 0 Å². The fourth-order valence-corrected chi connectivity index (χ4v) is 12.3. The number of carbonyl (C=O) groups is 5. The van der Waals surface area contributed by atoms with Crippen LogP contribution in [0, 0.1) is 11.8 Å². The van der Waals surface area contributed by atoms with Crippen LogP contribution >= 0.6 is 0 Å². The third-order valence-corrected chi connectivity index (χ3v) is 17.4. The molecule has 0 radical (unpaired) electrons. The second kappa shape index (κ2) is 37.7. The molecule has 5 amide bonds. The van der Waals surface area contributed by atoms with E-state index in [2.05, 4.69) is 45.3 Å². The summed E-state index contributed by atoms with van der Waals surface area (Å²) in [5, 5.41) is 168. The number of carbonyl (C=O) groups excluding carboxylic acids is 5. The summed E-state index contributed by atoms with van der Waals surface area (Å²) in [7, 11) is 0. The Morgan fingerprint density at radius 3 is 1.34 bits per heavy atom. The summed E-state index contributed by atoms with van der Waals surface area (Å²) in [5.74, 6) is 2.53. The Labute approximate surface area is 564 Å². The van der Waals surface area contributed by atoms with E-state index in [-0.39, 0.29) is 12.2 Å². The van der Waals surface area contributed by atoms with Crippen molar-refractivity contribution in [2.75, 3.05) is 39.6 Å². The Morgan fingerprint density at radius 1 is 0.449 bits per heavy atom. The maximum absolute atomic E-state index is 13.9. The van der Waals surface area contributed by atoms with Crippen LogP contribution in [0.25, 0.3) is 0 Å². The van der Waals surface area contributed by atoms with Gasteiger partial charge >= 0.3 is 0 Å². The van der Waals surface area contributed by atoms with Gasteiger partial charge in [-0.2, -0.15) is 0 Å². The average Bonchev–Trinajstić information content (AvgIpc) is 0.772. The van der Waals surface area contributed by atoms with Gasteiger partial charge in [0, 0.05) is 46.1 Å². The highest BCUT2D eigenvalue weighted by Crippen LogP contribution is 2.37. The molecule has 6 aliphatic heterocycles. The second-order valence-electron chi connectivity index (χ2n) is 24.9. The van der Waals surface area contributed by atoms with Gasteiger partial charge in [0.15, 0.2) is 37.7 Å². The van der Waals surface area contributed by atoms with Crippen molar-refractivity contribution in [2.45, 2.75) is 270 Å². The zero-order chi connectivity index (χ0) is 71.8. The summed E-state index contributed by atoms with van der Waals surface area (Å²) in [5.41, 5.74) is 0.0314. The lowest BCUT2D eigenvalue weighted by Crippen LogP contribution is -2.72. The van der Waals surface area contributed by atoms with Crippen LogP contribution in [-0.4, -0.2) is 325 Å². The topological polar surface area (TPSA) is 539 Å². The monoisotopic (exact) mass is 1410 g/mol. The predicted molar refractivity (Wildman–Crippen MR) is 327 cm³/mol. The van der Waals surface area contributed by atoms with Crippen molar-refractivity contribution in [3.05, 3.63) is 29.8 Å². The number of ether oxygens (including phenoxy) is 12. The molecule has 0 spiro atoms. The normalized spacial score (nSPS) is 39.6. The summed E-state index contributed by atoms with van der Waals surface area (Å²) < 4.78 is 71.9. The lowest BCUT2D eigenvalue weighted by molar-refractivity contribution is -0.368. The number of hydrogen-bond donors (Lipinski definition) is 19. The Hall–Kier alpha value is -5.07. The zero-order valence-corrected chi connectivity index (χ0v) is 55.0. The predicted octanol–water partition coefficient (Wildman–Crippen LogP) is -7.93. The average molecular weight is 1410 g/mol. The Bertz CT molecular complexity index is 2770. The highest BCUT2D eigenvalue weighted by molar-refractivity contribution is 5.94. The van der Waals surface area contributed by atoms with E-state index < -0.39 is 246 Å². The number of aliphatic hydroxyl groups is 14. The van der Waals surface area contributed by atoms with Crippen molar-refractivity contribution in [1.82, 2.24) is 26.6 Å². The molecule has 0 saturated carbocycles. The first-order valence-electron chi connectivity index (χ1n) is 32.6. The smallest absolute Gasteiger partial charge is 0.251 e. The number of benzene rings is 1. The Kier molecular flexibility index (Phi) is 30.9. The molecule has 7 rings (SSSR count). The Balaban J connectivity index is 1.07. The van der Waals surface area contributed by atoms with Crippen LogP contribution in [0.5, 0.6) is 5.75 Å². The summed E-state index contributed by atoms with van der Waals surface area (Å²) in [4.78, 5) is 65.0. The van der Waals surface area contributed by atoms with E-state index in [0.717, 1.165) is 59.8 Å². The molecule has 6 aliphatic rings. The highest BCUT2D eigenvalue weighted by Gasteiger charge is 2.58. The van der Waals surface area contributed by atoms with Crippen molar-refractivity contribution < 1.29 is 152 Å². The van der Waals surface area contributed by atoms with Crippen LogP contribution in [0.4, 0.5) is 0 Å². The second-order valence-corrected chi connectivity index (χ2v) is 24.9. The third kappa shape index (κ3) is 20.4. The minimum Gasteiger partial charge on any atom is -0.494 e. The zero-order valence-electron chi connectivity index (χ0n) is 55.0. The van der Waals surface area contributed by atoms with Gasteiger partial charge in [-0.25, -0.2) is 0 Å². The fraction of sp³-hybridized carbons (Fsp3) is 0.790. The van der Waals surface area contributed by atoms with Crippen LogP contribution in [0.1, 0.15) is 96.8 Å². The first-order chi connectivity index (χ1) is 46.7. The largest absolute Gasteiger partial charge is 0.494 e. The van der Waals surface area contributed by atoms with Crippen LogP contribution in [0.2, 0.25) is 0 Å². The van der Waals surface area contributed by atoms with Gasteiger partial charge in [0.2, 0.25) is 23.6 Å². The molecule has 36 heteroatoms. The Morgan fingerprint density at radius 2 is 0.878 bits per heavy atom. The number of nitrogens with one attached hydrogen (secondary N) is 5. The first kappa shape index (κ1) is 80.2. The lowest BCUT2D eigenvalue weighted by Gasteiger charge is -2.51. The standard InChI is InChI=1S/C62H97N5O31/c1-7-8-9-10-11-12-13-14-15-19-87-32-18-16-17-31(20-32)56(85)67-39-45(78)44(77)33(21-68)91-58(39)95-52-34(22-69)92-59(40(47(52)80)64-28(4)73)96-53-35(23-70)93-60(41(48(53)81)65-29(5)74)97-54-36(24-71)94-61(42(49(54)82)66-30(6)75)98-55-37(90-57(86)38(46(55)79)63-27(3)72)25-88-62-51(84)50(83)43(76)26(2)89-62/h16-18,20,26,33-55,57-62,68-71,76-84,86H,7-11,14-15,19,21-25H2,1-6H3,(H,63,72)(H,64,73)(H,65,74)(H,66,75)(H,67,85)/t26?,33?,34?,35?,36?,37?,38-,39-,40?,41-,42?,43+,44+,45+,46+,47?,48+,49?,50+,51+,52+,53?,54+,55?,57+,58?,59-,60-,61-,62?/m0/s1. The fourth-order valence-electron chi connectivity index (χ4n) is 12.3. The van der Waals surface area contributed by atoms with Gasteiger partial charge in [-0.3, -0.25) is 24.0 Å². The van der Waals surface area contributed by atoms with E-state index in [9.17, 15) is 95.5 Å². The molecule has 98 heavy (non-hydrogen) atoms. The molecule has 0 aromatic heterocycles. The molecular formula is C62H97N5O31. The first-order valence-corrected chi connectivity index (χ1v) is 32.6. The third-order valence-electron chi connectivity index (χ3n) is 17.4. The van der Waals surface area contributed by atoms with Crippen LogP contribution < -0.4 is 31.3 Å². The molecule has 1 aromatic rings. The number of hydrogen-bond acceptors (Lipinski definition) is 31. The molecule has 0 aliphatic carbocycles. The quantitative estimate of drug-likeness (QED) is 0.0262. The minimum absolute atomic E-state index is 0.0314. The van der Waals surface area contributed by atoms with Crippen LogP contribution in [0.15, 0.2) is 24.3 Å². The molecule has 556 valence electrons. The van der Waals surface area contributed by atoms with E-state index in [4.69, 9.17) is 56.8 Å². The molecule has 30 atom stereocenters. The number of aliphatic hydroxyl groups excluding tert-OH is 14. The van der Waals surface area contributed by atoms with Crippen molar-refractivity contribution in [2.24, 2.45) is 0 Å². The molecule has 14 unspecified atom stereocenters. The summed E-state index contributed by atoms with van der Waals surface area (Å²) in [6.07, 6.45) is -38.5. The molecule has 6 saturated heterocycles. The molecule has 1 aromatic carbocycles. The van der Waals surface area contributed by atoms with Gasteiger partial charge in [0.25, 0.3) is 5.91 Å². The summed E-state index contributed by atoms with van der Waals surface area (Å²) in [6, 6.07) is -2.60. The number of rotatable bonds is 29. The molecule has 19 N–H and O–H groups in total. The van der Waals surface area contributed by atoms with E-state index in [1.807, 2.05) is 0 Å². The summed E-state index contributed by atoms with van der Waals surface area (Å²) >= 11 is 0.